The van der Waals surface area contributed by atoms with Gasteiger partial charge in [0.1, 0.15) is 0 Å². The normalized spacial score (nSPS) is 13.6. The number of methoxy groups -OCH3 is 1. The van der Waals surface area contributed by atoms with Crippen molar-refractivity contribution in [2.45, 2.75) is 6.54 Å². The van der Waals surface area contributed by atoms with Crippen LogP contribution < -0.4 is 10.5 Å². The van der Waals surface area contributed by atoms with Crippen molar-refractivity contribution in [2.75, 3.05) is 7.04 Å². The Hall–Kier alpha value is -0.930. The van der Waals surface area contributed by atoms with Crippen molar-refractivity contribution in [3.8, 4) is 11.5 Å². The van der Waals surface area contributed by atoms with Crippen LogP contribution in [-0.2, 0) is 6.54 Å². The molecular formula is C8H12ClNO2. The average molecular weight is 193 g/mol. The predicted molar refractivity (Wildman–Crippen MR) is 49.8 cm³/mol. The summed E-state index contributed by atoms with van der Waals surface area (Å²) in [6.07, 6.45) is 0. The Kier molecular flexibility index (Phi) is 2.66. The van der Waals surface area contributed by atoms with Crippen molar-refractivity contribution < 1.29 is 14.0 Å². The lowest BCUT2D eigenvalue weighted by Gasteiger charge is -2.03. The highest BCUT2D eigenvalue weighted by atomic mass is 35.5. The van der Waals surface area contributed by atoms with Crippen LogP contribution in [0, 0.1) is 0 Å². The second-order valence-corrected chi connectivity index (χ2v) is 2.11. The summed E-state index contributed by atoms with van der Waals surface area (Å²) in [7, 11) is -2.56. The van der Waals surface area contributed by atoms with Crippen LogP contribution in [0.5, 0.6) is 11.5 Å². The lowest BCUT2D eigenvalue weighted by atomic mass is 10.2. The molecule has 0 aliphatic heterocycles. The average Bonchev–Trinajstić information content (AvgIpc) is 2.06. The lowest BCUT2D eigenvalue weighted by Crippen LogP contribution is -1.96. The molecule has 3 N–H and O–H groups in total. The minimum Gasteiger partial charge on any atom is -0.504 e. The Bertz CT molecular complexity index is 330. The van der Waals surface area contributed by atoms with Crippen LogP contribution in [0.3, 0.4) is 0 Å². The van der Waals surface area contributed by atoms with Gasteiger partial charge in [0.25, 0.3) is 0 Å². The van der Waals surface area contributed by atoms with Crippen molar-refractivity contribution in [1.82, 2.24) is 0 Å². The molecule has 0 saturated carbocycles. The molecule has 0 aliphatic rings. The maximum Gasteiger partial charge on any atom is 0.160 e. The minimum atomic E-state index is -2.56. The second-order valence-electron chi connectivity index (χ2n) is 2.11. The molecule has 0 amide bonds. The summed E-state index contributed by atoms with van der Waals surface area (Å²) >= 11 is 0. The fourth-order valence-corrected chi connectivity index (χ4v) is 0.767. The summed E-state index contributed by atoms with van der Waals surface area (Å²) in [5, 5.41) is 9.28. The van der Waals surface area contributed by atoms with E-state index in [1.54, 1.807) is 6.07 Å². The maximum absolute atomic E-state index is 9.28. The number of halogens is 1. The summed E-state index contributed by atoms with van der Waals surface area (Å²) in [6.45, 7) is 0.262. The molecule has 1 aromatic rings. The summed E-state index contributed by atoms with van der Waals surface area (Å²) < 4.78 is 25.2. The molecule has 68 valence electrons. The molecule has 0 saturated heterocycles. The Morgan fingerprint density at radius 1 is 1.67 bits per heavy atom. The van der Waals surface area contributed by atoms with Crippen molar-refractivity contribution in [3.05, 3.63) is 23.8 Å². The zero-order valence-electron chi connectivity index (χ0n) is 9.28. The van der Waals surface area contributed by atoms with Gasteiger partial charge in [0.15, 0.2) is 11.5 Å². The molecule has 0 radical (unpaired) electrons. The Balaban J connectivity index is 0.00000196. The zero-order valence-corrected chi connectivity index (χ0v) is 7.10. The van der Waals surface area contributed by atoms with Crippen LogP contribution in [0.4, 0.5) is 0 Å². The quantitative estimate of drug-likeness (QED) is 0.743. The van der Waals surface area contributed by atoms with Crippen LogP contribution in [0.15, 0.2) is 18.2 Å². The van der Waals surface area contributed by atoms with Crippen molar-refractivity contribution in [3.63, 3.8) is 0 Å². The summed E-state index contributed by atoms with van der Waals surface area (Å²) in [6, 6.07) is 4.35. The highest BCUT2D eigenvalue weighted by Crippen LogP contribution is 2.25. The Labute approximate surface area is 81.8 Å². The third-order valence-corrected chi connectivity index (χ3v) is 1.37. The molecule has 0 bridgehead atoms. The van der Waals surface area contributed by atoms with Gasteiger partial charge < -0.3 is 15.6 Å². The monoisotopic (exact) mass is 192 g/mol. The first-order valence-corrected chi connectivity index (χ1v) is 3.13. The van der Waals surface area contributed by atoms with Gasteiger partial charge in [-0.25, -0.2) is 0 Å². The lowest BCUT2D eigenvalue weighted by molar-refractivity contribution is 0.373. The molecule has 0 heterocycles. The van der Waals surface area contributed by atoms with Crippen molar-refractivity contribution >= 4 is 12.4 Å². The summed E-state index contributed by atoms with van der Waals surface area (Å²) in [5.74, 6) is -0.286. The third-order valence-electron chi connectivity index (χ3n) is 1.37. The number of phenolic OH excluding ortho intramolecular Hbond substituents is 1. The van der Waals surface area contributed by atoms with Crippen molar-refractivity contribution in [2.24, 2.45) is 5.73 Å². The molecule has 0 aromatic heterocycles. The molecular weight excluding hydrogens is 178 g/mol. The molecule has 0 atom stereocenters. The van der Waals surface area contributed by atoms with Gasteiger partial charge in [0.05, 0.1) is 11.2 Å². The van der Waals surface area contributed by atoms with E-state index in [4.69, 9.17) is 9.85 Å². The van der Waals surface area contributed by atoms with Gasteiger partial charge in [0.2, 0.25) is 0 Å². The van der Waals surface area contributed by atoms with E-state index in [-0.39, 0.29) is 30.5 Å². The molecule has 0 fully saturated rings. The number of nitrogens with two attached hydrogens (primary N) is 1. The van der Waals surface area contributed by atoms with E-state index in [2.05, 4.69) is 4.74 Å². The number of ether oxygens (including phenoxy) is 1. The highest BCUT2D eigenvalue weighted by molar-refractivity contribution is 5.85. The van der Waals surface area contributed by atoms with E-state index in [0.717, 1.165) is 0 Å². The van der Waals surface area contributed by atoms with E-state index in [0.29, 0.717) is 5.56 Å². The fraction of sp³-hybridized carbons (Fsp3) is 0.250. The van der Waals surface area contributed by atoms with E-state index >= 15 is 0 Å². The van der Waals surface area contributed by atoms with Gasteiger partial charge in [-0.15, -0.1) is 12.4 Å². The first-order chi connectivity index (χ1) is 6.42. The molecule has 0 unspecified atom stereocenters. The molecule has 0 aliphatic carbocycles. The number of aromatic hydroxyl groups is 1. The van der Waals surface area contributed by atoms with Gasteiger partial charge in [0, 0.05) is 6.54 Å². The van der Waals surface area contributed by atoms with Gasteiger partial charge in [-0.05, 0) is 17.7 Å². The Morgan fingerprint density at radius 3 is 3.00 bits per heavy atom. The van der Waals surface area contributed by atoms with Gasteiger partial charge in [-0.2, -0.15) is 0 Å². The standard InChI is InChI=1S/C8H11NO2.ClH/c1-11-8-4-6(5-9)2-3-7(8)10;/h2-4,10H,5,9H2,1H3;1H/i1D3;. The Morgan fingerprint density at radius 2 is 2.42 bits per heavy atom. The van der Waals surface area contributed by atoms with Crippen LogP contribution >= 0.6 is 12.4 Å². The van der Waals surface area contributed by atoms with Crippen molar-refractivity contribution in [1.29, 1.82) is 0 Å². The maximum atomic E-state index is 9.28. The number of rotatable bonds is 2. The molecule has 1 aromatic carbocycles. The topological polar surface area (TPSA) is 55.5 Å². The minimum absolute atomic E-state index is 0. The predicted octanol–water partition coefficient (Wildman–Crippen LogP) is 1.28. The molecule has 3 nitrogen and oxygen atoms in total. The number of hydrogen-bond acceptors (Lipinski definition) is 3. The zero-order chi connectivity index (χ0) is 10.8. The van der Waals surface area contributed by atoms with Crippen LogP contribution in [0.25, 0.3) is 0 Å². The van der Waals surface area contributed by atoms with Crippen LogP contribution in [-0.4, -0.2) is 12.1 Å². The number of hydrogen-bond donors (Lipinski definition) is 2. The highest BCUT2D eigenvalue weighted by Gasteiger charge is 1.99. The van der Waals surface area contributed by atoms with Gasteiger partial charge >= 0.3 is 0 Å². The van der Waals surface area contributed by atoms with E-state index in [9.17, 15) is 5.11 Å². The SMILES string of the molecule is Cl.[2H]C([2H])([2H])Oc1cc(CN)ccc1O. The first kappa shape index (κ1) is 6.57. The third kappa shape index (κ3) is 2.29. The van der Waals surface area contributed by atoms with E-state index in [1.807, 2.05) is 0 Å². The second kappa shape index (κ2) is 4.85. The molecule has 12 heavy (non-hydrogen) atoms. The molecule has 0 spiro atoms. The summed E-state index contributed by atoms with van der Waals surface area (Å²) in [5.41, 5.74) is 6.05. The van der Waals surface area contributed by atoms with Gasteiger partial charge in [-0.1, -0.05) is 6.07 Å². The number of benzene rings is 1. The smallest absolute Gasteiger partial charge is 0.160 e. The molecule has 1 rings (SSSR count). The molecule has 4 heteroatoms. The largest absolute Gasteiger partial charge is 0.504 e. The van der Waals surface area contributed by atoms with Crippen LogP contribution in [0.1, 0.15) is 9.68 Å². The fourth-order valence-electron chi connectivity index (χ4n) is 0.767. The van der Waals surface area contributed by atoms with E-state index in [1.165, 1.54) is 12.1 Å². The van der Waals surface area contributed by atoms with E-state index < -0.39 is 7.04 Å². The summed E-state index contributed by atoms with van der Waals surface area (Å²) in [4.78, 5) is 0. The first-order valence-electron chi connectivity index (χ1n) is 4.63. The number of phenols is 1. The van der Waals surface area contributed by atoms with Gasteiger partial charge in [-0.3, -0.25) is 0 Å². The van der Waals surface area contributed by atoms with Crippen LogP contribution in [0.2, 0.25) is 0 Å².